The van der Waals surface area contributed by atoms with Crippen LogP contribution in [0.15, 0.2) is 53.3 Å². The molecule has 0 unspecified atom stereocenters. The van der Waals surface area contributed by atoms with E-state index in [1.54, 1.807) is 44.2 Å². The van der Waals surface area contributed by atoms with Crippen LogP contribution in [0, 0.1) is 12.7 Å². The number of nitrogens with two attached hydrogens (primary N) is 1. The first-order chi connectivity index (χ1) is 35.5. The lowest BCUT2D eigenvalue weighted by molar-refractivity contribution is -0.172. The summed E-state index contributed by atoms with van der Waals surface area (Å²) in [5.74, 6) is -3.60. The van der Waals surface area contributed by atoms with Gasteiger partial charge in [0.15, 0.2) is 5.60 Å². The molecule has 7 N–H and O–H groups in total. The molecule has 2 aromatic carbocycles. The number of amides is 6. The Morgan fingerprint density at radius 3 is 2.41 bits per heavy atom. The second-order valence-corrected chi connectivity index (χ2v) is 18.6. The van der Waals surface area contributed by atoms with Crippen molar-refractivity contribution in [3.8, 4) is 11.4 Å². The van der Waals surface area contributed by atoms with Crippen LogP contribution in [0.1, 0.15) is 97.4 Å². The number of nitrogens with zero attached hydrogens (tertiary/aromatic N) is 3. The summed E-state index contributed by atoms with van der Waals surface area (Å²) in [7, 11) is 0. The Morgan fingerprint density at radius 2 is 1.69 bits per heavy atom. The normalized spacial score (nSPS) is 18.1. The average Bonchev–Trinajstić information content (AvgIpc) is 3.92. The molecule has 2 aromatic heterocycles. The molecule has 22 heteroatoms. The Labute approximate surface area is 424 Å². The van der Waals surface area contributed by atoms with Crippen molar-refractivity contribution in [2.75, 3.05) is 44.8 Å². The van der Waals surface area contributed by atoms with Crippen LogP contribution >= 0.6 is 0 Å². The van der Waals surface area contributed by atoms with Gasteiger partial charge in [0.25, 0.3) is 17.4 Å². The van der Waals surface area contributed by atoms with E-state index in [1.165, 1.54) is 29.7 Å². The largest absolute Gasteiger partial charge is 0.458 e. The third-order valence-electron chi connectivity index (χ3n) is 13.8. The highest BCUT2D eigenvalue weighted by Gasteiger charge is 2.46. The number of ether oxygens (including phenoxy) is 4. The SMILES string of the molecule is CC[C@@]1(O)C(=O)OCc2c1cc1n(c2=O)Cc2c-1nc1cc(F)c(C)c3c1c2[C@@H](NC(=O)OCc1ccc(NC(=O)[C@H](C)NC(=O)[C@H](CCCCN)NC(=O)CCOCCOCCN2C(=O)C=CC2=O)cc1)CC3. The van der Waals surface area contributed by atoms with Gasteiger partial charge < -0.3 is 55.6 Å². The summed E-state index contributed by atoms with van der Waals surface area (Å²) in [4.78, 5) is 109. The van der Waals surface area contributed by atoms with Crippen molar-refractivity contribution in [2.45, 2.75) is 109 Å². The summed E-state index contributed by atoms with van der Waals surface area (Å²) >= 11 is 0. The fourth-order valence-corrected chi connectivity index (χ4v) is 9.67. The quantitative estimate of drug-likeness (QED) is 0.0330. The second kappa shape index (κ2) is 22.8. The van der Waals surface area contributed by atoms with Crippen LogP contribution in [0.5, 0.6) is 0 Å². The molecule has 1 aliphatic carbocycles. The van der Waals surface area contributed by atoms with Gasteiger partial charge in [0, 0.05) is 46.8 Å². The zero-order valence-electron chi connectivity index (χ0n) is 41.3. The minimum Gasteiger partial charge on any atom is -0.458 e. The molecule has 6 amide bonds. The predicted octanol–water partition coefficient (Wildman–Crippen LogP) is 2.85. The zero-order chi connectivity index (χ0) is 52.8. The monoisotopic (exact) mass is 1020 g/mol. The van der Waals surface area contributed by atoms with E-state index in [0.717, 1.165) is 10.5 Å². The van der Waals surface area contributed by atoms with E-state index in [9.17, 15) is 43.5 Å². The fraction of sp³-hybridized carbons (Fsp3) is 0.442. The van der Waals surface area contributed by atoms with Gasteiger partial charge in [0.2, 0.25) is 17.7 Å². The van der Waals surface area contributed by atoms with E-state index < -0.39 is 76.7 Å². The number of carbonyl (C=O) groups excluding carboxylic acids is 7. The van der Waals surface area contributed by atoms with Crippen molar-refractivity contribution < 1.29 is 62.0 Å². The molecule has 4 aromatic rings. The Balaban J connectivity index is 0.834. The number of aryl methyl sites for hydroxylation is 1. The maximum Gasteiger partial charge on any atom is 0.407 e. The van der Waals surface area contributed by atoms with E-state index in [-0.39, 0.29) is 83.1 Å². The molecule has 4 atom stereocenters. The van der Waals surface area contributed by atoms with Crippen LogP contribution < -0.4 is 32.6 Å². The van der Waals surface area contributed by atoms with Crippen molar-refractivity contribution in [1.82, 2.24) is 30.4 Å². The standard InChI is InChI=1S/C52H59FN8O13/c1-4-52(70)35-23-40-46-33(25-61(40)49(67)34(35)27-73-50(52)68)45-37(13-12-32-28(2)36(53)24-39(58-46)44(32)45)59-51(69)74-26-30-8-10-31(11-9-30)56-47(65)29(3)55-48(66)38(7-5-6-17-54)57-41(62)16-19-71-21-22-72-20-18-60-42(63)14-15-43(60)64/h8-11,14-15,23-24,29,37-38,70H,4-7,12-13,16-22,25-27,54H2,1-3H3,(H,55,66)(H,56,65)(H,57,62)(H,59,69)/t29-,37-,38-,52-/m0/s1. The van der Waals surface area contributed by atoms with Crippen molar-refractivity contribution >= 4 is 58.2 Å². The maximum absolute atomic E-state index is 15.4. The van der Waals surface area contributed by atoms with E-state index in [2.05, 4.69) is 21.3 Å². The maximum atomic E-state index is 15.4. The van der Waals surface area contributed by atoms with Gasteiger partial charge in [-0.25, -0.2) is 19.0 Å². The first-order valence-electron chi connectivity index (χ1n) is 24.7. The van der Waals surface area contributed by atoms with Crippen LogP contribution in [-0.4, -0.2) is 113 Å². The molecule has 0 fully saturated rings. The molecule has 21 nitrogen and oxygen atoms in total. The number of rotatable bonds is 22. The number of benzene rings is 2. The number of pyridine rings is 2. The van der Waals surface area contributed by atoms with Gasteiger partial charge in [0.1, 0.15) is 31.1 Å². The number of anilines is 1. The highest BCUT2D eigenvalue weighted by atomic mass is 19.1. The summed E-state index contributed by atoms with van der Waals surface area (Å²) in [5, 5.41) is 23.2. The van der Waals surface area contributed by atoms with Gasteiger partial charge in [-0.05, 0) is 99.4 Å². The Hall–Kier alpha value is -7.40. The molecular weight excluding hydrogens is 964 g/mol. The van der Waals surface area contributed by atoms with Crippen LogP contribution in [0.2, 0.25) is 0 Å². The number of alkyl carbamates (subject to hydrolysis) is 1. The number of hydrogen-bond donors (Lipinski definition) is 6. The Bertz CT molecular complexity index is 2980. The number of nitrogens with one attached hydrogen (secondary N) is 4. The lowest BCUT2D eigenvalue weighted by Gasteiger charge is -2.31. The van der Waals surface area contributed by atoms with E-state index >= 15 is 4.39 Å². The lowest BCUT2D eigenvalue weighted by atomic mass is 9.81. The molecule has 0 radical (unpaired) electrons. The van der Waals surface area contributed by atoms with Gasteiger partial charge in [-0.1, -0.05) is 19.1 Å². The Morgan fingerprint density at radius 1 is 0.959 bits per heavy atom. The van der Waals surface area contributed by atoms with Crippen LogP contribution in [-0.2, 0) is 79.5 Å². The summed E-state index contributed by atoms with van der Waals surface area (Å²) in [5.41, 5.74) is 8.06. The number of unbranched alkanes of at least 4 members (excludes halogenated alkanes) is 1. The smallest absolute Gasteiger partial charge is 0.407 e. The number of halogens is 1. The van der Waals surface area contributed by atoms with Gasteiger partial charge >= 0.3 is 12.1 Å². The number of aliphatic hydroxyl groups is 1. The second-order valence-electron chi connectivity index (χ2n) is 18.6. The number of cyclic esters (lactones) is 1. The first-order valence-corrected chi connectivity index (χ1v) is 24.7. The summed E-state index contributed by atoms with van der Waals surface area (Å²) < 4.78 is 38.6. The molecule has 0 spiro atoms. The minimum atomic E-state index is -2.03. The molecule has 74 heavy (non-hydrogen) atoms. The van der Waals surface area contributed by atoms with Gasteiger partial charge in [-0.2, -0.15) is 0 Å². The third-order valence-corrected chi connectivity index (χ3v) is 13.8. The zero-order valence-corrected chi connectivity index (χ0v) is 41.3. The number of aromatic nitrogens is 2. The molecule has 4 aliphatic rings. The molecular formula is C52H59FN8O13. The summed E-state index contributed by atoms with van der Waals surface area (Å²) in [6, 6.07) is 6.91. The number of fused-ring (bicyclic) bond motifs is 5. The number of carbonyl (C=O) groups is 7. The fourth-order valence-electron chi connectivity index (χ4n) is 9.67. The molecule has 3 aliphatic heterocycles. The van der Waals surface area contributed by atoms with Gasteiger partial charge in [-0.15, -0.1) is 0 Å². The number of hydrogen-bond acceptors (Lipinski definition) is 15. The van der Waals surface area contributed by atoms with Crippen molar-refractivity contribution in [2.24, 2.45) is 5.73 Å². The third kappa shape index (κ3) is 11.1. The van der Waals surface area contributed by atoms with Crippen molar-refractivity contribution in [1.29, 1.82) is 0 Å². The predicted molar refractivity (Wildman–Crippen MR) is 263 cm³/mol. The molecule has 0 saturated heterocycles. The lowest BCUT2D eigenvalue weighted by Crippen LogP contribution is -2.51. The first kappa shape index (κ1) is 52.9. The van der Waals surface area contributed by atoms with Crippen LogP contribution in [0.25, 0.3) is 22.3 Å². The van der Waals surface area contributed by atoms with E-state index in [4.69, 9.17) is 29.7 Å². The van der Waals surface area contributed by atoms with Gasteiger partial charge in [-0.3, -0.25) is 33.7 Å². The molecule has 5 heterocycles. The number of esters is 1. The molecule has 392 valence electrons. The number of imide groups is 1. The summed E-state index contributed by atoms with van der Waals surface area (Å²) in [6.07, 6.45) is 3.85. The van der Waals surface area contributed by atoms with Crippen LogP contribution in [0.3, 0.4) is 0 Å². The van der Waals surface area contributed by atoms with Crippen LogP contribution in [0.4, 0.5) is 14.9 Å². The van der Waals surface area contributed by atoms with Gasteiger partial charge in [0.05, 0.1) is 68.0 Å². The topological polar surface area (TPSA) is 289 Å². The Kier molecular flexibility index (Phi) is 16.3. The van der Waals surface area contributed by atoms with E-state index in [0.29, 0.717) is 82.5 Å². The highest BCUT2D eigenvalue weighted by molar-refractivity contribution is 6.12. The highest BCUT2D eigenvalue weighted by Crippen LogP contribution is 2.46. The summed E-state index contributed by atoms with van der Waals surface area (Å²) in [6.45, 7) is 5.49. The van der Waals surface area contributed by atoms with Crippen molar-refractivity contribution in [3.63, 3.8) is 0 Å². The van der Waals surface area contributed by atoms with Crippen molar-refractivity contribution in [3.05, 3.63) is 104 Å². The minimum absolute atomic E-state index is 0.0338. The molecule has 0 saturated carbocycles. The molecule has 8 rings (SSSR count). The van der Waals surface area contributed by atoms with E-state index in [1.807, 2.05) is 0 Å². The molecule has 0 bridgehead atoms. The average molecular weight is 1020 g/mol.